The maximum atomic E-state index is 12.2. The molecular formula is C21H41IN4O3. The van der Waals surface area contributed by atoms with Crippen LogP contribution in [0.5, 0.6) is 0 Å². The number of carbonyl (C=O) groups is 1. The van der Waals surface area contributed by atoms with Gasteiger partial charge < -0.3 is 25.0 Å². The maximum Gasteiger partial charge on any atom is 0.227 e. The number of halogens is 1. The SMILES string of the molecule is CCNC(=O)C(C)(C)CN=C(NCC)N1CCC(OCC2CCCCO2)CC1.I. The molecule has 1 atom stereocenters. The number of guanidine groups is 1. The predicted octanol–water partition coefficient (Wildman–Crippen LogP) is 2.78. The quantitative estimate of drug-likeness (QED) is 0.290. The lowest BCUT2D eigenvalue weighted by molar-refractivity contribution is -0.128. The van der Waals surface area contributed by atoms with Crippen LogP contribution in [-0.4, -0.2) is 74.9 Å². The molecule has 0 bridgehead atoms. The highest BCUT2D eigenvalue weighted by Gasteiger charge is 2.28. The first kappa shape index (κ1) is 26.4. The smallest absolute Gasteiger partial charge is 0.227 e. The average molecular weight is 524 g/mol. The zero-order valence-electron chi connectivity index (χ0n) is 18.7. The van der Waals surface area contributed by atoms with E-state index in [4.69, 9.17) is 14.5 Å². The number of nitrogens with zero attached hydrogens (tertiary/aromatic N) is 2. The van der Waals surface area contributed by atoms with Crippen molar-refractivity contribution in [3.63, 3.8) is 0 Å². The Kier molecular flexibility index (Phi) is 12.4. The van der Waals surface area contributed by atoms with E-state index in [0.717, 1.165) is 58.1 Å². The Balaban J connectivity index is 0.00000420. The van der Waals surface area contributed by atoms with Crippen molar-refractivity contribution in [3.8, 4) is 0 Å². The van der Waals surface area contributed by atoms with E-state index < -0.39 is 5.41 Å². The van der Waals surface area contributed by atoms with Gasteiger partial charge in [0.05, 0.1) is 30.8 Å². The number of amides is 1. The molecule has 0 aromatic carbocycles. The van der Waals surface area contributed by atoms with Crippen LogP contribution in [0.25, 0.3) is 0 Å². The summed E-state index contributed by atoms with van der Waals surface area (Å²) >= 11 is 0. The zero-order chi connectivity index (χ0) is 20.4. The molecule has 0 radical (unpaired) electrons. The Labute approximate surface area is 193 Å². The van der Waals surface area contributed by atoms with Crippen LogP contribution in [0.3, 0.4) is 0 Å². The standard InChI is InChI=1S/C21H40N4O3.HI/c1-5-22-19(26)21(3,4)16-24-20(23-6-2)25-12-10-17(11-13-25)28-15-18-9-7-8-14-27-18;/h17-18H,5-16H2,1-4H3,(H,22,26)(H,23,24);1H. The van der Waals surface area contributed by atoms with E-state index in [-0.39, 0.29) is 36.0 Å². The molecular weight excluding hydrogens is 483 g/mol. The van der Waals surface area contributed by atoms with Crippen molar-refractivity contribution < 1.29 is 14.3 Å². The van der Waals surface area contributed by atoms with Crippen LogP contribution in [0.4, 0.5) is 0 Å². The molecule has 29 heavy (non-hydrogen) atoms. The van der Waals surface area contributed by atoms with Crippen molar-refractivity contribution in [2.24, 2.45) is 10.4 Å². The molecule has 2 N–H and O–H groups in total. The molecule has 8 heteroatoms. The Bertz CT molecular complexity index is 502. The van der Waals surface area contributed by atoms with Crippen LogP contribution in [0.2, 0.25) is 0 Å². The summed E-state index contributed by atoms with van der Waals surface area (Å²) in [5, 5.41) is 6.28. The van der Waals surface area contributed by atoms with Gasteiger partial charge in [-0.15, -0.1) is 24.0 Å². The van der Waals surface area contributed by atoms with Gasteiger partial charge in [0.2, 0.25) is 5.91 Å². The van der Waals surface area contributed by atoms with Gasteiger partial charge in [-0.3, -0.25) is 9.79 Å². The predicted molar refractivity (Wildman–Crippen MR) is 128 cm³/mol. The first-order valence-corrected chi connectivity index (χ1v) is 11.0. The Morgan fingerprint density at radius 3 is 2.41 bits per heavy atom. The Hall–Kier alpha value is -0.610. The van der Waals surface area contributed by atoms with Gasteiger partial charge >= 0.3 is 0 Å². The van der Waals surface area contributed by atoms with Gasteiger partial charge in [0.15, 0.2) is 5.96 Å². The fraction of sp³-hybridized carbons (Fsp3) is 0.905. The minimum Gasteiger partial charge on any atom is -0.376 e. The topological polar surface area (TPSA) is 75.2 Å². The minimum atomic E-state index is -0.516. The van der Waals surface area contributed by atoms with Crippen molar-refractivity contribution in [1.82, 2.24) is 15.5 Å². The molecule has 2 aliphatic heterocycles. The first-order valence-electron chi connectivity index (χ1n) is 11.0. The first-order chi connectivity index (χ1) is 13.5. The second-order valence-corrected chi connectivity index (χ2v) is 8.42. The van der Waals surface area contributed by atoms with Gasteiger partial charge in [-0.1, -0.05) is 0 Å². The molecule has 2 aliphatic rings. The summed E-state index contributed by atoms with van der Waals surface area (Å²) in [5.41, 5.74) is -0.516. The van der Waals surface area contributed by atoms with Gasteiger partial charge in [-0.05, 0) is 59.8 Å². The van der Waals surface area contributed by atoms with E-state index in [0.29, 0.717) is 19.2 Å². The number of hydrogen-bond acceptors (Lipinski definition) is 4. The lowest BCUT2D eigenvalue weighted by Gasteiger charge is -2.35. The van der Waals surface area contributed by atoms with Gasteiger partial charge in [-0.2, -0.15) is 0 Å². The minimum absolute atomic E-state index is 0. The Morgan fingerprint density at radius 1 is 1.14 bits per heavy atom. The second-order valence-electron chi connectivity index (χ2n) is 8.42. The van der Waals surface area contributed by atoms with Crippen molar-refractivity contribution in [2.45, 2.75) is 72.0 Å². The summed E-state index contributed by atoms with van der Waals surface area (Å²) in [7, 11) is 0. The molecule has 0 aromatic rings. The molecule has 0 spiro atoms. The molecule has 0 saturated carbocycles. The highest BCUT2D eigenvalue weighted by molar-refractivity contribution is 14.0. The number of nitrogens with one attached hydrogen (secondary N) is 2. The molecule has 2 saturated heterocycles. The molecule has 2 heterocycles. The summed E-state index contributed by atoms with van der Waals surface area (Å²) in [6, 6.07) is 0. The summed E-state index contributed by atoms with van der Waals surface area (Å²) in [5.74, 6) is 0.945. The molecule has 170 valence electrons. The van der Waals surface area contributed by atoms with Crippen LogP contribution in [0, 0.1) is 5.41 Å². The monoisotopic (exact) mass is 524 g/mol. The molecule has 7 nitrogen and oxygen atoms in total. The zero-order valence-corrected chi connectivity index (χ0v) is 21.0. The third-order valence-electron chi connectivity index (χ3n) is 5.44. The number of aliphatic imine (C=N–C) groups is 1. The number of carbonyl (C=O) groups excluding carboxylic acids is 1. The molecule has 1 amide bonds. The molecule has 1 unspecified atom stereocenters. The van der Waals surface area contributed by atoms with E-state index in [1.165, 1.54) is 12.8 Å². The van der Waals surface area contributed by atoms with Crippen molar-refractivity contribution in [1.29, 1.82) is 0 Å². The number of ether oxygens (including phenoxy) is 2. The summed E-state index contributed by atoms with van der Waals surface area (Å²) in [4.78, 5) is 19.3. The van der Waals surface area contributed by atoms with Crippen LogP contribution < -0.4 is 10.6 Å². The number of hydrogen-bond donors (Lipinski definition) is 2. The third kappa shape index (κ3) is 8.96. The summed E-state index contributed by atoms with van der Waals surface area (Å²) < 4.78 is 11.9. The van der Waals surface area contributed by atoms with Crippen molar-refractivity contribution in [2.75, 3.05) is 45.9 Å². The van der Waals surface area contributed by atoms with E-state index in [2.05, 4.69) is 22.5 Å². The highest BCUT2D eigenvalue weighted by Crippen LogP contribution is 2.19. The van der Waals surface area contributed by atoms with Gasteiger partial charge in [0.25, 0.3) is 0 Å². The van der Waals surface area contributed by atoms with Crippen LogP contribution in [0.1, 0.15) is 59.8 Å². The van der Waals surface area contributed by atoms with Gasteiger partial charge in [-0.25, -0.2) is 0 Å². The van der Waals surface area contributed by atoms with Crippen molar-refractivity contribution in [3.05, 3.63) is 0 Å². The summed E-state index contributed by atoms with van der Waals surface area (Å²) in [6.45, 7) is 13.3. The Morgan fingerprint density at radius 2 is 1.83 bits per heavy atom. The lowest BCUT2D eigenvalue weighted by Crippen LogP contribution is -2.48. The van der Waals surface area contributed by atoms with E-state index >= 15 is 0 Å². The third-order valence-corrected chi connectivity index (χ3v) is 5.44. The van der Waals surface area contributed by atoms with Crippen molar-refractivity contribution >= 4 is 35.8 Å². The normalized spacial score (nSPS) is 21.4. The van der Waals surface area contributed by atoms with Crippen LogP contribution in [-0.2, 0) is 14.3 Å². The van der Waals surface area contributed by atoms with E-state index in [1.54, 1.807) is 0 Å². The summed E-state index contributed by atoms with van der Waals surface area (Å²) in [6.07, 6.45) is 6.13. The van der Waals surface area contributed by atoms with E-state index in [1.807, 2.05) is 20.8 Å². The largest absolute Gasteiger partial charge is 0.376 e. The number of rotatable bonds is 8. The van der Waals surface area contributed by atoms with Gasteiger partial charge in [0, 0.05) is 32.8 Å². The van der Waals surface area contributed by atoms with Crippen LogP contribution in [0.15, 0.2) is 4.99 Å². The molecule has 0 aromatic heterocycles. The van der Waals surface area contributed by atoms with E-state index in [9.17, 15) is 4.79 Å². The second kappa shape index (κ2) is 13.6. The van der Waals surface area contributed by atoms with Crippen LogP contribution >= 0.6 is 24.0 Å². The maximum absolute atomic E-state index is 12.2. The molecule has 2 fully saturated rings. The molecule has 0 aliphatic carbocycles. The molecule has 2 rings (SSSR count). The number of piperidine rings is 1. The fourth-order valence-corrected chi connectivity index (χ4v) is 3.59. The average Bonchev–Trinajstić information content (AvgIpc) is 2.71. The lowest BCUT2D eigenvalue weighted by atomic mass is 9.92. The van der Waals surface area contributed by atoms with Gasteiger partial charge in [0.1, 0.15) is 0 Å². The highest BCUT2D eigenvalue weighted by atomic mass is 127. The fourth-order valence-electron chi connectivity index (χ4n) is 3.59. The number of likely N-dealkylation sites (tertiary alicyclic amines) is 1.